The Morgan fingerprint density at radius 3 is 2.57 bits per heavy atom. The van der Waals surface area contributed by atoms with E-state index in [2.05, 4.69) is 5.32 Å². The molecule has 0 fully saturated rings. The van der Waals surface area contributed by atoms with E-state index in [9.17, 15) is 9.18 Å². The molecule has 0 saturated carbocycles. The summed E-state index contributed by atoms with van der Waals surface area (Å²) in [6, 6.07) is 14.9. The van der Waals surface area contributed by atoms with Crippen molar-refractivity contribution in [2.75, 3.05) is 7.11 Å². The molecule has 0 aromatic heterocycles. The zero-order valence-electron chi connectivity index (χ0n) is 12.5. The van der Waals surface area contributed by atoms with E-state index < -0.39 is 11.7 Å². The summed E-state index contributed by atoms with van der Waals surface area (Å²) in [6.07, 6.45) is 1.23. The second kappa shape index (κ2) is 7.76. The number of ether oxygens (including phenoxy) is 1. The van der Waals surface area contributed by atoms with Crippen LogP contribution in [0, 0.1) is 17.1 Å². The molecule has 0 aliphatic heterocycles. The van der Waals surface area contributed by atoms with E-state index >= 15 is 0 Å². The van der Waals surface area contributed by atoms with Gasteiger partial charge in [-0.15, -0.1) is 0 Å². The van der Waals surface area contributed by atoms with Crippen molar-refractivity contribution in [3.8, 4) is 11.8 Å². The predicted molar refractivity (Wildman–Crippen MR) is 84.8 cm³/mol. The molecule has 0 aliphatic rings. The van der Waals surface area contributed by atoms with Crippen LogP contribution in [0.15, 0.2) is 54.1 Å². The van der Waals surface area contributed by atoms with E-state index in [0.29, 0.717) is 0 Å². The smallest absolute Gasteiger partial charge is 0.262 e. The molecule has 2 aromatic rings. The van der Waals surface area contributed by atoms with Crippen LogP contribution in [0.1, 0.15) is 11.1 Å². The largest absolute Gasteiger partial charge is 0.497 e. The molecule has 0 saturated heterocycles. The zero-order chi connectivity index (χ0) is 16.7. The number of carbonyl (C=O) groups is 1. The van der Waals surface area contributed by atoms with Gasteiger partial charge in [-0.2, -0.15) is 5.26 Å². The fraction of sp³-hybridized carbons (Fsp3) is 0.111. The number of benzene rings is 2. The summed E-state index contributed by atoms with van der Waals surface area (Å²) in [6.45, 7) is 0.263. The average molecular weight is 310 g/mol. The number of nitrogens with one attached hydrogen (secondary N) is 1. The maximum atomic E-state index is 13.6. The number of nitrogens with zero attached hydrogens (tertiary/aromatic N) is 1. The van der Waals surface area contributed by atoms with Crippen molar-refractivity contribution in [2.24, 2.45) is 0 Å². The van der Waals surface area contributed by atoms with Gasteiger partial charge in [0.2, 0.25) is 0 Å². The lowest BCUT2D eigenvalue weighted by molar-refractivity contribution is -0.117. The minimum atomic E-state index is -0.549. The fourth-order valence-corrected chi connectivity index (χ4v) is 1.92. The molecule has 1 N–H and O–H groups in total. The second-order valence-electron chi connectivity index (χ2n) is 4.72. The van der Waals surface area contributed by atoms with Crippen molar-refractivity contribution < 1.29 is 13.9 Å². The van der Waals surface area contributed by atoms with E-state index in [1.807, 2.05) is 12.1 Å². The van der Waals surface area contributed by atoms with Crippen molar-refractivity contribution in [3.05, 3.63) is 71.0 Å². The number of amides is 1. The molecule has 0 bridgehead atoms. The Bertz CT molecular complexity index is 761. The van der Waals surface area contributed by atoms with Crippen molar-refractivity contribution in [1.82, 2.24) is 5.32 Å². The maximum Gasteiger partial charge on any atom is 0.262 e. The van der Waals surface area contributed by atoms with Gasteiger partial charge in [0, 0.05) is 12.1 Å². The third-order valence-corrected chi connectivity index (χ3v) is 3.18. The Kier molecular flexibility index (Phi) is 5.48. The monoisotopic (exact) mass is 310 g/mol. The van der Waals surface area contributed by atoms with Crippen LogP contribution in [0.3, 0.4) is 0 Å². The van der Waals surface area contributed by atoms with E-state index in [4.69, 9.17) is 10.00 Å². The van der Waals surface area contributed by atoms with Crippen molar-refractivity contribution in [3.63, 3.8) is 0 Å². The molecule has 23 heavy (non-hydrogen) atoms. The first-order valence-electron chi connectivity index (χ1n) is 6.91. The van der Waals surface area contributed by atoms with Gasteiger partial charge in [-0.05, 0) is 29.8 Å². The minimum absolute atomic E-state index is 0.149. The van der Waals surface area contributed by atoms with Gasteiger partial charge in [0.1, 0.15) is 23.2 Å². The van der Waals surface area contributed by atoms with E-state index in [-0.39, 0.29) is 17.7 Å². The lowest BCUT2D eigenvalue weighted by Gasteiger charge is -2.06. The standard InChI is InChI=1S/C18H15FN2O2/c1-23-16-8-6-13(7-9-16)12-21-18(22)15(11-20)10-14-4-2-3-5-17(14)19/h2-10H,12H2,1H3,(H,21,22)/b15-10-. The summed E-state index contributed by atoms with van der Waals surface area (Å²) in [4.78, 5) is 12.0. The van der Waals surface area contributed by atoms with Crippen LogP contribution in [0.25, 0.3) is 6.08 Å². The van der Waals surface area contributed by atoms with Crippen LogP contribution < -0.4 is 10.1 Å². The molecule has 4 nitrogen and oxygen atoms in total. The van der Waals surface area contributed by atoms with Gasteiger partial charge in [-0.25, -0.2) is 4.39 Å². The highest BCUT2D eigenvalue weighted by Crippen LogP contribution is 2.13. The maximum absolute atomic E-state index is 13.6. The molecule has 0 heterocycles. The van der Waals surface area contributed by atoms with Crippen molar-refractivity contribution >= 4 is 12.0 Å². The molecule has 2 rings (SSSR count). The number of hydrogen-bond acceptors (Lipinski definition) is 3. The Balaban J connectivity index is 2.05. The Hall–Kier alpha value is -3.13. The van der Waals surface area contributed by atoms with Crippen molar-refractivity contribution in [2.45, 2.75) is 6.54 Å². The van der Waals surface area contributed by atoms with Gasteiger partial charge in [0.25, 0.3) is 5.91 Å². The third kappa shape index (κ3) is 4.42. The summed E-state index contributed by atoms with van der Waals surface area (Å²) in [5, 5.41) is 11.7. The van der Waals surface area contributed by atoms with Crippen LogP contribution in [0.2, 0.25) is 0 Å². The predicted octanol–water partition coefficient (Wildman–Crippen LogP) is 3.06. The molecule has 0 spiro atoms. The Morgan fingerprint density at radius 2 is 1.96 bits per heavy atom. The van der Waals surface area contributed by atoms with Crippen LogP contribution in [-0.4, -0.2) is 13.0 Å². The average Bonchev–Trinajstić information content (AvgIpc) is 2.59. The van der Waals surface area contributed by atoms with Crippen LogP contribution >= 0.6 is 0 Å². The molecular weight excluding hydrogens is 295 g/mol. The normalized spacial score (nSPS) is 10.7. The Morgan fingerprint density at radius 1 is 1.26 bits per heavy atom. The van der Waals surface area contributed by atoms with Crippen LogP contribution in [0.4, 0.5) is 4.39 Å². The quantitative estimate of drug-likeness (QED) is 0.682. The first kappa shape index (κ1) is 16.2. The number of hydrogen-bond donors (Lipinski definition) is 1. The second-order valence-corrected chi connectivity index (χ2v) is 4.72. The first-order chi connectivity index (χ1) is 11.1. The van der Waals surface area contributed by atoms with Gasteiger partial charge < -0.3 is 10.1 Å². The highest BCUT2D eigenvalue weighted by Gasteiger charge is 2.10. The summed E-state index contributed by atoms with van der Waals surface area (Å²) < 4.78 is 18.6. The number of methoxy groups -OCH3 is 1. The topological polar surface area (TPSA) is 62.1 Å². The number of nitriles is 1. The van der Waals surface area contributed by atoms with Crippen molar-refractivity contribution in [1.29, 1.82) is 5.26 Å². The first-order valence-corrected chi connectivity index (χ1v) is 6.91. The summed E-state index contributed by atoms with van der Waals surface area (Å²) in [5.74, 6) is -0.313. The van der Waals surface area contributed by atoms with Crippen LogP contribution in [-0.2, 0) is 11.3 Å². The minimum Gasteiger partial charge on any atom is -0.497 e. The molecule has 1 amide bonds. The van der Waals surface area contributed by atoms with Gasteiger partial charge in [0.05, 0.1) is 7.11 Å². The molecular formula is C18H15FN2O2. The highest BCUT2D eigenvalue weighted by molar-refractivity contribution is 6.01. The van der Waals surface area contributed by atoms with Crippen LogP contribution in [0.5, 0.6) is 5.75 Å². The lowest BCUT2D eigenvalue weighted by atomic mass is 10.1. The van der Waals surface area contributed by atoms with Gasteiger partial charge >= 0.3 is 0 Å². The number of halogens is 1. The molecule has 0 radical (unpaired) electrons. The molecule has 116 valence electrons. The van der Waals surface area contributed by atoms with Gasteiger partial charge in [-0.3, -0.25) is 4.79 Å². The van der Waals surface area contributed by atoms with E-state index in [1.165, 1.54) is 18.2 Å². The molecule has 0 atom stereocenters. The zero-order valence-corrected chi connectivity index (χ0v) is 12.5. The molecule has 0 aliphatic carbocycles. The lowest BCUT2D eigenvalue weighted by Crippen LogP contribution is -2.23. The van der Waals surface area contributed by atoms with E-state index in [1.54, 1.807) is 37.4 Å². The summed E-state index contributed by atoms with van der Waals surface area (Å²) in [5.41, 5.74) is 0.912. The third-order valence-electron chi connectivity index (χ3n) is 3.18. The van der Waals surface area contributed by atoms with Gasteiger partial charge in [0.15, 0.2) is 0 Å². The molecule has 5 heteroatoms. The molecule has 2 aromatic carbocycles. The molecule has 0 unspecified atom stereocenters. The highest BCUT2D eigenvalue weighted by atomic mass is 19.1. The Labute approximate surface area is 133 Å². The summed E-state index contributed by atoms with van der Waals surface area (Å²) in [7, 11) is 1.57. The summed E-state index contributed by atoms with van der Waals surface area (Å²) >= 11 is 0. The fourth-order valence-electron chi connectivity index (χ4n) is 1.92. The van der Waals surface area contributed by atoms with Gasteiger partial charge in [-0.1, -0.05) is 30.3 Å². The number of rotatable bonds is 5. The SMILES string of the molecule is COc1ccc(CNC(=O)/C(C#N)=C\c2ccccc2F)cc1. The number of carbonyl (C=O) groups excluding carboxylic acids is 1. The van der Waals surface area contributed by atoms with E-state index in [0.717, 1.165) is 11.3 Å².